The van der Waals surface area contributed by atoms with Crippen LogP contribution in [0.5, 0.6) is 0 Å². The summed E-state index contributed by atoms with van der Waals surface area (Å²) in [6.45, 7) is 0.0995. The van der Waals surface area contributed by atoms with E-state index in [-0.39, 0.29) is 23.7 Å². The molecule has 0 saturated carbocycles. The maximum atomic E-state index is 10.9. The Hall–Kier alpha value is -1.22. The highest BCUT2D eigenvalue weighted by Crippen LogP contribution is 2.30. The molecule has 0 aliphatic heterocycles. The van der Waals surface area contributed by atoms with E-state index < -0.39 is 14.8 Å². The molecule has 9 heteroatoms. The molecule has 1 N–H and O–H groups in total. The van der Waals surface area contributed by atoms with Crippen molar-refractivity contribution >= 4 is 37.1 Å². The fourth-order valence-electron chi connectivity index (χ4n) is 1.10. The molecule has 0 bridgehead atoms. The van der Waals surface area contributed by atoms with Crippen LogP contribution in [0.15, 0.2) is 16.9 Å². The van der Waals surface area contributed by atoms with E-state index in [2.05, 4.69) is 26.2 Å². The minimum absolute atomic E-state index is 0.0983. The van der Waals surface area contributed by atoms with Gasteiger partial charge in [0.05, 0.1) is 15.1 Å². The number of sulfone groups is 1. The van der Waals surface area contributed by atoms with Gasteiger partial charge in [-0.2, -0.15) is 0 Å². The summed E-state index contributed by atoms with van der Waals surface area (Å²) in [7, 11) is -3.10. The Morgan fingerprint density at radius 1 is 1.53 bits per heavy atom. The number of nitrogens with zero attached hydrogens (tertiary/aromatic N) is 2. The lowest BCUT2D eigenvalue weighted by Gasteiger charge is -2.07. The number of rotatable bonds is 5. The van der Waals surface area contributed by atoms with Gasteiger partial charge in [0.25, 0.3) is 0 Å². The minimum Gasteiger partial charge on any atom is -0.377 e. The summed E-state index contributed by atoms with van der Waals surface area (Å²) in [4.78, 5) is 13.8. The molecular weight excluding hydrogens is 314 g/mol. The zero-order valence-corrected chi connectivity index (χ0v) is 11.3. The Kier molecular flexibility index (Phi) is 4.40. The van der Waals surface area contributed by atoms with Gasteiger partial charge in [0.15, 0.2) is 0 Å². The summed E-state index contributed by atoms with van der Waals surface area (Å²) in [6.07, 6.45) is 3.61. The van der Waals surface area contributed by atoms with Crippen LogP contribution in [-0.4, -0.2) is 36.9 Å². The summed E-state index contributed by atoms with van der Waals surface area (Å²) in [5, 5.41) is 13.4. The molecule has 1 rings (SSSR count). The van der Waals surface area contributed by atoms with E-state index in [4.69, 9.17) is 0 Å². The van der Waals surface area contributed by atoms with Gasteiger partial charge in [0, 0.05) is 19.0 Å². The summed E-state index contributed by atoms with van der Waals surface area (Å²) in [5.41, 5.74) is 0.0292. The number of hydrogen-bond acceptors (Lipinski definition) is 6. The number of aromatic nitrogens is 1. The third-order valence-corrected chi connectivity index (χ3v) is 3.40. The standard InChI is InChI=1S/C8H10BrN3O4S/c1-17(15,16)3-2-11-8-6(9)4-10-5-7(8)12(13)14/h4-5H,2-3H2,1H3,(H,10,11). The maximum absolute atomic E-state index is 10.9. The first-order chi connectivity index (χ1) is 7.81. The largest absolute Gasteiger partial charge is 0.377 e. The van der Waals surface area contributed by atoms with Crippen molar-refractivity contribution in [2.75, 3.05) is 23.9 Å². The first-order valence-corrected chi connectivity index (χ1v) is 7.36. The van der Waals surface area contributed by atoms with Crippen molar-refractivity contribution < 1.29 is 13.3 Å². The first kappa shape index (κ1) is 13.8. The molecular formula is C8H10BrN3O4S. The van der Waals surface area contributed by atoms with Crippen LogP contribution in [0, 0.1) is 10.1 Å². The molecule has 0 saturated heterocycles. The number of anilines is 1. The second-order valence-electron chi connectivity index (χ2n) is 3.33. The van der Waals surface area contributed by atoms with Gasteiger partial charge in [-0.3, -0.25) is 15.1 Å². The van der Waals surface area contributed by atoms with E-state index in [1.54, 1.807) is 0 Å². The number of hydrogen-bond donors (Lipinski definition) is 1. The van der Waals surface area contributed by atoms with Gasteiger partial charge < -0.3 is 5.32 Å². The molecule has 0 atom stereocenters. The van der Waals surface area contributed by atoms with E-state index in [0.29, 0.717) is 4.47 Å². The maximum Gasteiger partial charge on any atom is 0.311 e. The molecule has 0 aliphatic carbocycles. The third kappa shape index (κ3) is 4.27. The Morgan fingerprint density at radius 3 is 2.71 bits per heavy atom. The van der Waals surface area contributed by atoms with Crippen LogP contribution in [0.2, 0.25) is 0 Å². The van der Waals surface area contributed by atoms with E-state index in [1.165, 1.54) is 6.20 Å². The van der Waals surface area contributed by atoms with Crippen LogP contribution in [-0.2, 0) is 9.84 Å². The zero-order valence-electron chi connectivity index (χ0n) is 8.88. The third-order valence-electron chi connectivity index (χ3n) is 1.85. The van der Waals surface area contributed by atoms with E-state index >= 15 is 0 Å². The van der Waals surface area contributed by atoms with Crippen molar-refractivity contribution in [2.24, 2.45) is 0 Å². The molecule has 0 fully saturated rings. The van der Waals surface area contributed by atoms with Crippen LogP contribution in [0.3, 0.4) is 0 Å². The summed E-state index contributed by atoms with van der Waals surface area (Å²) >= 11 is 3.12. The Bertz CT molecular complexity index is 532. The van der Waals surface area contributed by atoms with Gasteiger partial charge in [0.2, 0.25) is 0 Å². The van der Waals surface area contributed by atoms with Crippen molar-refractivity contribution in [3.63, 3.8) is 0 Å². The van der Waals surface area contributed by atoms with Crippen LogP contribution in [0.4, 0.5) is 11.4 Å². The van der Waals surface area contributed by atoms with Crippen molar-refractivity contribution in [1.29, 1.82) is 0 Å². The van der Waals surface area contributed by atoms with Crippen LogP contribution in [0.25, 0.3) is 0 Å². The lowest BCUT2D eigenvalue weighted by atomic mass is 10.3. The molecule has 0 aromatic carbocycles. The van der Waals surface area contributed by atoms with E-state index in [0.717, 1.165) is 12.5 Å². The highest BCUT2D eigenvalue weighted by atomic mass is 79.9. The predicted molar refractivity (Wildman–Crippen MR) is 66.8 cm³/mol. The average Bonchev–Trinajstić information content (AvgIpc) is 2.18. The van der Waals surface area contributed by atoms with Crippen LogP contribution >= 0.6 is 15.9 Å². The molecule has 1 heterocycles. The molecule has 94 valence electrons. The molecule has 0 radical (unpaired) electrons. The van der Waals surface area contributed by atoms with Gasteiger partial charge >= 0.3 is 5.69 Å². The Morgan fingerprint density at radius 2 is 2.18 bits per heavy atom. The van der Waals surface area contributed by atoms with Crippen molar-refractivity contribution in [2.45, 2.75) is 0 Å². The van der Waals surface area contributed by atoms with Gasteiger partial charge in [-0.1, -0.05) is 0 Å². The molecule has 0 amide bonds. The van der Waals surface area contributed by atoms with Gasteiger partial charge in [-0.15, -0.1) is 0 Å². The molecule has 7 nitrogen and oxygen atoms in total. The monoisotopic (exact) mass is 323 g/mol. The molecule has 0 spiro atoms. The molecule has 1 aromatic heterocycles. The topological polar surface area (TPSA) is 102 Å². The second kappa shape index (κ2) is 5.41. The van der Waals surface area contributed by atoms with E-state index in [9.17, 15) is 18.5 Å². The summed E-state index contributed by atoms with van der Waals surface area (Å²) < 4.78 is 22.3. The molecule has 0 aliphatic rings. The van der Waals surface area contributed by atoms with E-state index in [1.807, 2.05) is 0 Å². The van der Waals surface area contributed by atoms with Crippen LogP contribution in [0.1, 0.15) is 0 Å². The van der Waals surface area contributed by atoms with Gasteiger partial charge in [0.1, 0.15) is 21.7 Å². The smallest absolute Gasteiger partial charge is 0.311 e. The SMILES string of the molecule is CS(=O)(=O)CCNc1c(Br)cncc1[N+](=O)[O-]. The van der Waals surface area contributed by atoms with Crippen molar-refractivity contribution in [1.82, 2.24) is 4.98 Å². The Balaban J connectivity index is 2.86. The number of halogens is 1. The summed E-state index contributed by atoms with van der Waals surface area (Å²) in [5.74, 6) is -0.0983. The normalized spacial score (nSPS) is 11.2. The Labute approximate surface area is 106 Å². The number of nitro groups is 1. The lowest BCUT2D eigenvalue weighted by molar-refractivity contribution is -0.384. The first-order valence-electron chi connectivity index (χ1n) is 4.51. The molecule has 17 heavy (non-hydrogen) atoms. The summed E-state index contributed by atoms with van der Waals surface area (Å²) in [6, 6.07) is 0. The lowest BCUT2D eigenvalue weighted by Crippen LogP contribution is -2.15. The fourth-order valence-corrected chi connectivity index (χ4v) is 2.03. The quantitative estimate of drug-likeness (QED) is 0.645. The van der Waals surface area contributed by atoms with Gasteiger partial charge in [-0.25, -0.2) is 8.42 Å². The highest BCUT2D eigenvalue weighted by Gasteiger charge is 2.17. The average molecular weight is 324 g/mol. The number of nitrogens with one attached hydrogen (secondary N) is 1. The van der Waals surface area contributed by atoms with Crippen LogP contribution < -0.4 is 5.32 Å². The van der Waals surface area contributed by atoms with Gasteiger partial charge in [-0.05, 0) is 15.9 Å². The molecule has 1 aromatic rings. The minimum atomic E-state index is -3.10. The highest BCUT2D eigenvalue weighted by molar-refractivity contribution is 9.10. The zero-order chi connectivity index (χ0) is 13.1. The second-order valence-corrected chi connectivity index (χ2v) is 6.44. The van der Waals surface area contributed by atoms with Crippen molar-refractivity contribution in [3.8, 4) is 0 Å². The predicted octanol–water partition coefficient (Wildman–Crippen LogP) is 1.21. The fraction of sp³-hybridized carbons (Fsp3) is 0.375. The van der Waals surface area contributed by atoms with Crippen molar-refractivity contribution in [3.05, 3.63) is 27.0 Å². The molecule has 0 unspecified atom stereocenters. The number of pyridine rings is 1.